The topological polar surface area (TPSA) is 64.1 Å². The lowest BCUT2D eigenvalue weighted by Crippen LogP contribution is -2.69. The molecule has 2 aliphatic carbocycles. The predicted molar refractivity (Wildman–Crippen MR) is 130 cm³/mol. The van der Waals surface area contributed by atoms with E-state index in [-0.39, 0.29) is 24.0 Å². The van der Waals surface area contributed by atoms with Crippen molar-refractivity contribution in [3.8, 4) is 5.75 Å². The highest BCUT2D eigenvalue weighted by Crippen LogP contribution is 2.60. The molecule has 3 aliphatic rings. The minimum atomic E-state index is 0. The third-order valence-corrected chi connectivity index (χ3v) is 7.02. The molecule has 1 aromatic rings. The van der Waals surface area contributed by atoms with Gasteiger partial charge in [-0.1, -0.05) is 25.0 Å². The van der Waals surface area contributed by atoms with Gasteiger partial charge >= 0.3 is 0 Å². The van der Waals surface area contributed by atoms with Gasteiger partial charge in [0.25, 0.3) is 0 Å². The van der Waals surface area contributed by atoms with Gasteiger partial charge in [0.2, 0.25) is 0 Å². The molecule has 2 N–H and O–H groups in total. The molecule has 1 aliphatic heterocycles. The summed E-state index contributed by atoms with van der Waals surface area (Å²) < 4.78 is 17.2. The van der Waals surface area contributed by atoms with Gasteiger partial charge in [-0.15, -0.1) is 24.0 Å². The first-order valence-electron chi connectivity index (χ1n) is 11.0. The van der Waals surface area contributed by atoms with Crippen LogP contribution in [0.1, 0.15) is 43.2 Å². The van der Waals surface area contributed by atoms with Crippen LogP contribution < -0.4 is 15.4 Å². The molecule has 0 radical (unpaired) electrons. The van der Waals surface area contributed by atoms with E-state index >= 15 is 0 Å². The summed E-state index contributed by atoms with van der Waals surface area (Å²) in [6.45, 7) is 4.80. The average Bonchev–Trinajstić information content (AvgIpc) is 3.38. The van der Waals surface area contributed by atoms with Crippen molar-refractivity contribution in [1.82, 2.24) is 10.6 Å². The van der Waals surface area contributed by atoms with E-state index in [0.717, 1.165) is 30.3 Å². The smallest absolute Gasteiger partial charge is 0.191 e. The summed E-state index contributed by atoms with van der Waals surface area (Å²) in [5.41, 5.74) is 2.63. The first-order chi connectivity index (χ1) is 14.2. The number of guanidine groups is 1. The van der Waals surface area contributed by atoms with Crippen LogP contribution in [0.25, 0.3) is 0 Å². The Balaban J connectivity index is 0.00000256. The van der Waals surface area contributed by atoms with Gasteiger partial charge in [0.1, 0.15) is 12.4 Å². The monoisotopic (exact) mass is 529 g/mol. The number of benzene rings is 1. The number of hydrogen-bond donors (Lipinski definition) is 2. The highest BCUT2D eigenvalue weighted by Gasteiger charge is 2.65. The van der Waals surface area contributed by atoms with Gasteiger partial charge in [0.05, 0.1) is 12.7 Å². The highest BCUT2D eigenvalue weighted by atomic mass is 127. The van der Waals surface area contributed by atoms with Gasteiger partial charge in [-0.3, -0.25) is 4.99 Å². The summed E-state index contributed by atoms with van der Waals surface area (Å²) in [7, 11) is 3.54. The first-order valence-corrected chi connectivity index (χ1v) is 11.0. The molecule has 2 saturated carbocycles. The summed E-state index contributed by atoms with van der Waals surface area (Å²) >= 11 is 0. The van der Waals surface area contributed by atoms with Crippen LogP contribution in [-0.4, -0.2) is 52.1 Å². The van der Waals surface area contributed by atoms with Gasteiger partial charge in [-0.05, 0) is 37.8 Å². The van der Waals surface area contributed by atoms with Crippen LogP contribution in [0.15, 0.2) is 23.2 Å². The minimum Gasteiger partial charge on any atom is -0.491 e. The second-order valence-corrected chi connectivity index (χ2v) is 8.68. The van der Waals surface area contributed by atoms with E-state index < -0.39 is 0 Å². The summed E-state index contributed by atoms with van der Waals surface area (Å²) in [6, 6.07) is 6.80. The van der Waals surface area contributed by atoms with Crippen molar-refractivity contribution in [2.24, 2.45) is 16.3 Å². The molecule has 168 valence electrons. The van der Waals surface area contributed by atoms with E-state index in [1.807, 2.05) is 7.05 Å². The maximum Gasteiger partial charge on any atom is 0.191 e. The summed E-state index contributed by atoms with van der Waals surface area (Å²) in [5.74, 6) is 2.40. The fourth-order valence-corrected chi connectivity index (χ4v) is 5.60. The van der Waals surface area contributed by atoms with Gasteiger partial charge < -0.3 is 24.8 Å². The number of ether oxygens (including phenoxy) is 3. The zero-order chi connectivity index (χ0) is 20.3. The first kappa shape index (κ1) is 23.6. The molecular weight excluding hydrogens is 493 g/mol. The standard InChI is InChI=1S/C23H35N3O3.HI/c1-16-6-7-17(19(14-16)28-13-12-27-3)15-25-22(24-2)26-20-18-8-11-29-21(18)23(20)9-4-5-10-23;/h6-7,14,18,20-21H,4-5,8-13,15H2,1-3H3,(H2,24,25,26);1H. The van der Waals surface area contributed by atoms with Crippen LogP contribution in [-0.2, 0) is 16.0 Å². The maximum absolute atomic E-state index is 6.11. The van der Waals surface area contributed by atoms with Gasteiger partial charge in [0, 0.05) is 50.2 Å². The van der Waals surface area contributed by atoms with Gasteiger partial charge in [0.15, 0.2) is 5.96 Å². The van der Waals surface area contributed by atoms with Crippen molar-refractivity contribution in [3.05, 3.63) is 29.3 Å². The lowest BCUT2D eigenvalue weighted by atomic mass is 9.54. The molecule has 1 heterocycles. The Morgan fingerprint density at radius 3 is 2.80 bits per heavy atom. The lowest BCUT2D eigenvalue weighted by Gasteiger charge is -2.57. The predicted octanol–water partition coefficient (Wildman–Crippen LogP) is 3.65. The summed E-state index contributed by atoms with van der Waals surface area (Å²) in [5, 5.41) is 7.27. The Morgan fingerprint density at radius 1 is 1.27 bits per heavy atom. The molecule has 3 fully saturated rings. The Hall–Kier alpha value is -1.06. The zero-order valence-electron chi connectivity index (χ0n) is 18.4. The molecule has 0 aromatic heterocycles. The fraction of sp³-hybridized carbons (Fsp3) is 0.696. The number of fused-ring (bicyclic) bond motifs is 2. The van der Waals surface area contributed by atoms with Crippen LogP contribution in [0.4, 0.5) is 0 Å². The molecule has 0 amide bonds. The van der Waals surface area contributed by atoms with Crippen LogP contribution in [0.3, 0.4) is 0 Å². The van der Waals surface area contributed by atoms with Crippen LogP contribution in [0.5, 0.6) is 5.75 Å². The van der Waals surface area contributed by atoms with Crippen molar-refractivity contribution >= 4 is 29.9 Å². The van der Waals surface area contributed by atoms with Gasteiger partial charge in [-0.25, -0.2) is 0 Å². The second kappa shape index (κ2) is 10.5. The Kier molecular flexibility index (Phi) is 8.26. The van der Waals surface area contributed by atoms with Crippen molar-refractivity contribution in [1.29, 1.82) is 0 Å². The number of nitrogens with zero attached hydrogens (tertiary/aromatic N) is 1. The zero-order valence-corrected chi connectivity index (χ0v) is 20.7. The fourth-order valence-electron chi connectivity index (χ4n) is 5.60. The van der Waals surface area contributed by atoms with E-state index in [1.165, 1.54) is 31.2 Å². The number of aryl methyl sites for hydroxylation is 1. The highest BCUT2D eigenvalue weighted by molar-refractivity contribution is 14.0. The minimum absolute atomic E-state index is 0. The molecule has 7 heteroatoms. The average molecular weight is 529 g/mol. The second-order valence-electron chi connectivity index (χ2n) is 8.68. The van der Waals surface area contributed by atoms with E-state index in [9.17, 15) is 0 Å². The number of aliphatic imine (C=N–C) groups is 1. The number of methoxy groups -OCH3 is 1. The molecule has 1 saturated heterocycles. The molecule has 1 spiro atoms. The quantitative estimate of drug-likeness (QED) is 0.245. The Bertz CT molecular complexity index is 736. The Labute approximate surface area is 197 Å². The largest absolute Gasteiger partial charge is 0.491 e. The molecule has 4 rings (SSSR count). The van der Waals surface area contributed by atoms with Crippen LogP contribution >= 0.6 is 24.0 Å². The van der Waals surface area contributed by atoms with Gasteiger partial charge in [-0.2, -0.15) is 0 Å². The normalized spacial score (nSPS) is 26.6. The summed E-state index contributed by atoms with van der Waals surface area (Å²) in [6.07, 6.45) is 6.82. The number of rotatable bonds is 7. The number of halogens is 1. The maximum atomic E-state index is 6.11. The van der Waals surface area contributed by atoms with Crippen LogP contribution in [0.2, 0.25) is 0 Å². The third-order valence-electron chi connectivity index (χ3n) is 7.02. The van der Waals surface area contributed by atoms with Crippen molar-refractivity contribution < 1.29 is 14.2 Å². The van der Waals surface area contributed by atoms with E-state index in [4.69, 9.17) is 14.2 Å². The third kappa shape index (κ3) is 4.58. The molecule has 3 atom stereocenters. The van der Waals surface area contributed by atoms with E-state index in [0.29, 0.717) is 43.2 Å². The van der Waals surface area contributed by atoms with Crippen LogP contribution in [0, 0.1) is 18.3 Å². The molecule has 0 bridgehead atoms. The van der Waals surface area contributed by atoms with E-state index in [1.54, 1.807) is 7.11 Å². The lowest BCUT2D eigenvalue weighted by molar-refractivity contribution is -0.125. The van der Waals surface area contributed by atoms with Crippen molar-refractivity contribution in [2.45, 2.75) is 57.7 Å². The molecule has 30 heavy (non-hydrogen) atoms. The molecule has 6 nitrogen and oxygen atoms in total. The molecule has 3 unspecified atom stereocenters. The van der Waals surface area contributed by atoms with E-state index in [2.05, 4.69) is 40.7 Å². The SMILES string of the molecule is CN=C(NCc1ccc(C)cc1OCCOC)NC1C2CCOC2C12CCCC2.I. The van der Waals surface area contributed by atoms with Crippen molar-refractivity contribution in [3.63, 3.8) is 0 Å². The Morgan fingerprint density at radius 2 is 2.07 bits per heavy atom. The van der Waals surface area contributed by atoms with Crippen molar-refractivity contribution in [2.75, 3.05) is 34.0 Å². The number of nitrogens with one attached hydrogen (secondary N) is 2. The molecular formula is C23H36IN3O3. The number of hydrogen-bond acceptors (Lipinski definition) is 4. The summed E-state index contributed by atoms with van der Waals surface area (Å²) in [4.78, 5) is 4.51. The molecule has 1 aromatic carbocycles.